The number of nitrogens with zero attached hydrogens (tertiary/aromatic N) is 2. The fourth-order valence-corrected chi connectivity index (χ4v) is 4.45. The molecule has 2 fully saturated rings. The fourth-order valence-electron chi connectivity index (χ4n) is 4.45. The van der Waals surface area contributed by atoms with Crippen LogP contribution < -0.4 is 5.32 Å². The third-order valence-corrected chi connectivity index (χ3v) is 5.54. The lowest BCUT2D eigenvalue weighted by Gasteiger charge is -2.29. The van der Waals surface area contributed by atoms with Crippen molar-refractivity contribution in [2.45, 2.75) is 45.6 Å². The molecule has 2 aromatic rings. The average Bonchev–Trinajstić information content (AvgIpc) is 3.10. The molecule has 3 nitrogen and oxygen atoms in total. The molecule has 0 radical (unpaired) electrons. The SMILES string of the molecule is Cc1nc2ccccc2nc1NC(C)C1CC2CCC1C2. The highest BCUT2D eigenvalue weighted by molar-refractivity contribution is 5.76. The van der Waals surface area contributed by atoms with Gasteiger partial charge in [-0.2, -0.15) is 0 Å². The normalized spacial score (nSPS) is 29.0. The minimum atomic E-state index is 0.495. The number of hydrogen-bond acceptors (Lipinski definition) is 3. The van der Waals surface area contributed by atoms with Crippen molar-refractivity contribution < 1.29 is 0 Å². The molecular weight excluding hydrogens is 258 g/mol. The predicted octanol–water partition coefficient (Wildman–Crippen LogP) is 4.17. The molecule has 0 amide bonds. The molecule has 3 heteroatoms. The van der Waals surface area contributed by atoms with Crippen molar-refractivity contribution >= 4 is 16.9 Å². The van der Waals surface area contributed by atoms with Crippen LogP contribution in [-0.4, -0.2) is 16.0 Å². The number of nitrogens with one attached hydrogen (secondary N) is 1. The van der Waals surface area contributed by atoms with Gasteiger partial charge in [0, 0.05) is 6.04 Å². The first-order chi connectivity index (χ1) is 10.2. The van der Waals surface area contributed by atoms with E-state index >= 15 is 0 Å². The van der Waals surface area contributed by atoms with Gasteiger partial charge in [0.1, 0.15) is 5.82 Å². The lowest BCUT2D eigenvalue weighted by atomic mass is 9.84. The molecule has 4 unspecified atom stereocenters. The molecule has 0 spiro atoms. The number of fused-ring (bicyclic) bond motifs is 3. The molecule has 0 aliphatic heterocycles. The second kappa shape index (κ2) is 4.97. The number of aromatic nitrogens is 2. The smallest absolute Gasteiger partial charge is 0.148 e. The number of aryl methyl sites for hydroxylation is 1. The lowest BCUT2D eigenvalue weighted by molar-refractivity contribution is 0.304. The summed E-state index contributed by atoms with van der Waals surface area (Å²) in [6.07, 6.45) is 5.75. The highest BCUT2D eigenvalue weighted by Gasteiger charge is 2.41. The van der Waals surface area contributed by atoms with Crippen LogP contribution in [0.5, 0.6) is 0 Å². The first kappa shape index (κ1) is 13.1. The zero-order chi connectivity index (χ0) is 14.4. The van der Waals surface area contributed by atoms with Crippen molar-refractivity contribution in [2.24, 2.45) is 17.8 Å². The molecule has 1 aromatic heterocycles. The molecule has 4 atom stereocenters. The van der Waals surface area contributed by atoms with Crippen molar-refractivity contribution in [1.29, 1.82) is 0 Å². The summed E-state index contributed by atoms with van der Waals surface area (Å²) in [6.45, 7) is 4.37. The maximum absolute atomic E-state index is 4.77. The molecule has 2 saturated carbocycles. The van der Waals surface area contributed by atoms with E-state index in [0.717, 1.165) is 40.3 Å². The van der Waals surface area contributed by atoms with Crippen LogP contribution in [0.1, 0.15) is 38.3 Å². The van der Waals surface area contributed by atoms with Crippen molar-refractivity contribution in [3.63, 3.8) is 0 Å². The van der Waals surface area contributed by atoms with E-state index < -0.39 is 0 Å². The third kappa shape index (κ3) is 2.29. The maximum atomic E-state index is 4.77. The number of rotatable bonds is 3. The summed E-state index contributed by atoms with van der Waals surface area (Å²) in [4.78, 5) is 9.45. The molecule has 1 aromatic carbocycles. The Bertz CT molecular complexity index is 667. The van der Waals surface area contributed by atoms with E-state index in [9.17, 15) is 0 Å². The van der Waals surface area contributed by atoms with Crippen LogP contribution in [0.4, 0.5) is 5.82 Å². The van der Waals surface area contributed by atoms with Crippen molar-refractivity contribution in [1.82, 2.24) is 9.97 Å². The van der Waals surface area contributed by atoms with E-state index in [1.807, 2.05) is 24.3 Å². The van der Waals surface area contributed by atoms with Crippen LogP contribution in [0.25, 0.3) is 11.0 Å². The van der Waals surface area contributed by atoms with Gasteiger partial charge in [0.15, 0.2) is 0 Å². The van der Waals surface area contributed by atoms with E-state index in [2.05, 4.69) is 24.1 Å². The van der Waals surface area contributed by atoms with Gasteiger partial charge in [-0.1, -0.05) is 18.6 Å². The summed E-state index contributed by atoms with van der Waals surface area (Å²) in [5, 5.41) is 3.66. The van der Waals surface area contributed by atoms with Crippen LogP contribution in [-0.2, 0) is 0 Å². The molecule has 2 aliphatic carbocycles. The van der Waals surface area contributed by atoms with E-state index in [0.29, 0.717) is 6.04 Å². The number of benzene rings is 1. The molecule has 21 heavy (non-hydrogen) atoms. The van der Waals surface area contributed by atoms with Gasteiger partial charge in [-0.05, 0) is 63.0 Å². The highest BCUT2D eigenvalue weighted by atomic mass is 15.0. The molecule has 2 bridgehead atoms. The Morgan fingerprint density at radius 1 is 1.10 bits per heavy atom. The van der Waals surface area contributed by atoms with Crippen LogP contribution in [0.3, 0.4) is 0 Å². The first-order valence-electron chi connectivity index (χ1n) is 8.20. The van der Waals surface area contributed by atoms with Crippen LogP contribution in [0.15, 0.2) is 24.3 Å². The standard InChI is InChI=1S/C18H23N3/c1-11(15-10-13-7-8-14(15)9-13)20-18-12(2)19-16-5-3-4-6-17(16)21-18/h3-6,11,13-15H,7-10H2,1-2H3,(H,20,21). The second-order valence-corrected chi connectivity index (χ2v) is 6.92. The van der Waals surface area contributed by atoms with Crippen molar-refractivity contribution in [3.8, 4) is 0 Å². The Balaban J connectivity index is 1.57. The van der Waals surface area contributed by atoms with Gasteiger partial charge in [0.25, 0.3) is 0 Å². The number of para-hydroxylation sites is 2. The Morgan fingerprint density at radius 2 is 1.86 bits per heavy atom. The zero-order valence-electron chi connectivity index (χ0n) is 12.8. The van der Waals surface area contributed by atoms with Crippen LogP contribution >= 0.6 is 0 Å². The minimum absolute atomic E-state index is 0.495. The quantitative estimate of drug-likeness (QED) is 0.917. The summed E-state index contributed by atoms with van der Waals surface area (Å²) in [5.41, 5.74) is 2.96. The first-order valence-corrected chi connectivity index (χ1v) is 8.20. The van der Waals surface area contributed by atoms with Gasteiger partial charge in [0.2, 0.25) is 0 Å². The molecule has 110 valence electrons. The summed E-state index contributed by atoms with van der Waals surface area (Å²) in [5.74, 6) is 3.71. The van der Waals surface area contributed by atoms with Crippen molar-refractivity contribution in [2.75, 3.05) is 5.32 Å². The van der Waals surface area contributed by atoms with Crippen LogP contribution in [0.2, 0.25) is 0 Å². The summed E-state index contributed by atoms with van der Waals surface area (Å²) in [7, 11) is 0. The molecule has 0 saturated heterocycles. The van der Waals surface area contributed by atoms with Crippen molar-refractivity contribution in [3.05, 3.63) is 30.0 Å². The van der Waals surface area contributed by atoms with E-state index in [1.54, 1.807) is 0 Å². The molecule has 2 aliphatic rings. The van der Waals surface area contributed by atoms with E-state index in [1.165, 1.54) is 25.7 Å². The third-order valence-electron chi connectivity index (χ3n) is 5.54. The topological polar surface area (TPSA) is 37.8 Å². The van der Waals surface area contributed by atoms with Gasteiger partial charge in [-0.15, -0.1) is 0 Å². The summed E-state index contributed by atoms with van der Waals surface area (Å²) < 4.78 is 0. The molecule has 1 N–H and O–H groups in total. The van der Waals surface area contributed by atoms with Gasteiger partial charge in [-0.3, -0.25) is 0 Å². The Hall–Kier alpha value is -1.64. The van der Waals surface area contributed by atoms with E-state index in [4.69, 9.17) is 4.98 Å². The molecule has 4 rings (SSSR count). The summed E-state index contributed by atoms with van der Waals surface area (Å²) in [6, 6.07) is 8.60. The van der Waals surface area contributed by atoms with Gasteiger partial charge in [0.05, 0.1) is 16.7 Å². The molecule has 1 heterocycles. The minimum Gasteiger partial charge on any atom is -0.366 e. The van der Waals surface area contributed by atoms with Gasteiger partial charge in [-0.25, -0.2) is 9.97 Å². The Kier molecular flexibility index (Phi) is 3.09. The summed E-state index contributed by atoms with van der Waals surface area (Å²) >= 11 is 0. The maximum Gasteiger partial charge on any atom is 0.148 e. The highest BCUT2D eigenvalue weighted by Crippen LogP contribution is 2.49. The number of hydrogen-bond donors (Lipinski definition) is 1. The van der Waals surface area contributed by atoms with Crippen LogP contribution in [0, 0.1) is 24.7 Å². The Labute approximate surface area is 126 Å². The van der Waals surface area contributed by atoms with E-state index in [-0.39, 0.29) is 0 Å². The second-order valence-electron chi connectivity index (χ2n) is 6.92. The number of anilines is 1. The van der Waals surface area contributed by atoms with Gasteiger partial charge < -0.3 is 5.32 Å². The van der Waals surface area contributed by atoms with Gasteiger partial charge >= 0.3 is 0 Å². The largest absolute Gasteiger partial charge is 0.366 e. The monoisotopic (exact) mass is 281 g/mol. The average molecular weight is 281 g/mol. The zero-order valence-corrected chi connectivity index (χ0v) is 12.8. The fraction of sp³-hybridized carbons (Fsp3) is 0.556. The predicted molar refractivity (Wildman–Crippen MR) is 86.3 cm³/mol. The molecular formula is C18H23N3. The lowest BCUT2D eigenvalue weighted by Crippen LogP contribution is -2.30. The Morgan fingerprint density at radius 3 is 2.52 bits per heavy atom.